The molecule has 0 aromatic rings. The van der Waals surface area contributed by atoms with Crippen molar-refractivity contribution in [1.29, 1.82) is 0 Å². The van der Waals surface area contributed by atoms with Crippen LogP contribution < -0.4 is 5.32 Å². The molecule has 2 fully saturated rings. The van der Waals surface area contributed by atoms with E-state index in [0.29, 0.717) is 18.1 Å². The molecule has 0 aliphatic heterocycles. The zero-order valence-electron chi connectivity index (χ0n) is 10.3. The highest BCUT2D eigenvalue weighted by molar-refractivity contribution is 4.82. The van der Waals surface area contributed by atoms with Gasteiger partial charge in [-0.1, -0.05) is 6.42 Å². The van der Waals surface area contributed by atoms with Gasteiger partial charge >= 0.3 is 0 Å². The number of methoxy groups -OCH3 is 1. The van der Waals surface area contributed by atoms with Crippen LogP contribution in [0.5, 0.6) is 0 Å². The lowest BCUT2D eigenvalue weighted by atomic mass is 9.92. The third kappa shape index (κ3) is 3.19. The van der Waals surface area contributed by atoms with Crippen LogP contribution in [0.25, 0.3) is 0 Å². The summed E-state index contributed by atoms with van der Waals surface area (Å²) in [4.78, 5) is 0. The lowest BCUT2D eigenvalue weighted by Gasteiger charge is -2.29. The van der Waals surface area contributed by atoms with E-state index in [1.165, 1.54) is 38.5 Å². The minimum absolute atomic E-state index is 0.0529. The topological polar surface area (TPSA) is 41.5 Å². The summed E-state index contributed by atoms with van der Waals surface area (Å²) < 4.78 is 5.37. The molecule has 0 amide bonds. The monoisotopic (exact) mass is 227 g/mol. The molecule has 0 bridgehead atoms. The molecule has 2 rings (SSSR count). The van der Waals surface area contributed by atoms with Gasteiger partial charge in [-0.2, -0.15) is 0 Å². The Morgan fingerprint density at radius 2 is 1.88 bits per heavy atom. The molecule has 2 aliphatic rings. The second kappa shape index (κ2) is 5.99. The molecule has 0 radical (unpaired) electrons. The molecule has 0 aromatic heterocycles. The second-order valence-electron chi connectivity index (χ2n) is 5.38. The largest absolute Gasteiger partial charge is 0.393 e. The molecule has 2 atom stereocenters. The van der Waals surface area contributed by atoms with Crippen LogP contribution in [0.15, 0.2) is 0 Å². The first-order valence-electron chi connectivity index (χ1n) is 6.74. The molecule has 2 N–H and O–H groups in total. The number of ether oxygens (including phenoxy) is 1. The number of aliphatic hydroxyl groups excluding tert-OH is 1. The summed E-state index contributed by atoms with van der Waals surface area (Å²) in [5.74, 6) is 0.500. The van der Waals surface area contributed by atoms with E-state index in [0.717, 1.165) is 13.0 Å². The van der Waals surface area contributed by atoms with Crippen LogP contribution in [0.3, 0.4) is 0 Å². The van der Waals surface area contributed by atoms with Gasteiger partial charge in [-0.05, 0) is 44.4 Å². The van der Waals surface area contributed by atoms with E-state index in [4.69, 9.17) is 4.74 Å². The van der Waals surface area contributed by atoms with Crippen molar-refractivity contribution < 1.29 is 9.84 Å². The number of aliphatic hydroxyl groups is 1. The van der Waals surface area contributed by atoms with Crippen molar-refractivity contribution in [2.45, 2.75) is 63.2 Å². The fourth-order valence-corrected chi connectivity index (χ4v) is 3.08. The van der Waals surface area contributed by atoms with E-state index in [-0.39, 0.29) is 6.10 Å². The number of hydrogen-bond donors (Lipinski definition) is 2. The molecular formula is C13H25NO2. The molecule has 94 valence electrons. The summed E-state index contributed by atoms with van der Waals surface area (Å²) in [5.41, 5.74) is 0. The summed E-state index contributed by atoms with van der Waals surface area (Å²) in [7, 11) is 1.81. The average molecular weight is 227 g/mol. The quantitative estimate of drug-likeness (QED) is 0.768. The van der Waals surface area contributed by atoms with Gasteiger partial charge < -0.3 is 15.2 Å². The van der Waals surface area contributed by atoms with Crippen LogP contribution in [0.4, 0.5) is 0 Å². The van der Waals surface area contributed by atoms with Crippen LogP contribution in [0, 0.1) is 5.92 Å². The molecule has 3 nitrogen and oxygen atoms in total. The van der Waals surface area contributed by atoms with Gasteiger partial charge in [-0.3, -0.25) is 0 Å². The zero-order chi connectivity index (χ0) is 11.4. The van der Waals surface area contributed by atoms with Crippen molar-refractivity contribution in [3.05, 3.63) is 0 Å². The van der Waals surface area contributed by atoms with Gasteiger partial charge in [0.25, 0.3) is 0 Å². The number of hydrogen-bond acceptors (Lipinski definition) is 3. The first-order valence-corrected chi connectivity index (χ1v) is 6.74. The Kier molecular flexibility index (Phi) is 4.62. The lowest BCUT2D eigenvalue weighted by molar-refractivity contribution is 0.0605. The van der Waals surface area contributed by atoms with Crippen LogP contribution in [0.2, 0.25) is 0 Å². The first kappa shape index (κ1) is 12.3. The Hall–Kier alpha value is -0.120. The van der Waals surface area contributed by atoms with Gasteiger partial charge in [0.05, 0.1) is 12.2 Å². The van der Waals surface area contributed by atoms with Gasteiger partial charge in [0.2, 0.25) is 0 Å². The van der Waals surface area contributed by atoms with Crippen LogP contribution in [-0.2, 0) is 4.74 Å². The molecule has 0 aromatic carbocycles. The first-order chi connectivity index (χ1) is 7.79. The molecule has 2 aliphatic carbocycles. The predicted molar refractivity (Wildman–Crippen MR) is 64.4 cm³/mol. The maximum Gasteiger partial charge on any atom is 0.0580 e. The smallest absolute Gasteiger partial charge is 0.0580 e. The summed E-state index contributed by atoms with van der Waals surface area (Å²) >= 11 is 0. The zero-order valence-corrected chi connectivity index (χ0v) is 10.3. The Balaban J connectivity index is 1.63. The number of nitrogens with one attached hydrogen (secondary N) is 1. The Bertz CT molecular complexity index is 202. The summed E-state index contributed by atoms with van der Waals surface area (Å²) in [6, 6.07) is 0.652. The standard InChI is InChI=1S/C13H25NO2/c1-16-12-7-5-11(6-8-12)14-9-10-3-2-4-13(10)15/h10-15H,2-9H2,1H3. The number of rotatable bonds is 4. The highest BCUT2D eigenvalue weighted by Crippen LogP contribution is 2.26. The summed E-state index contributed by atoms with van der Waals surface area (Å²) in [6.45, 7) is 1.00. The normalized spacial score (nSPS) is 40.1. The maximum atomic E-state index is 9.74. The van der Waals surface area contributed by atoms with Gasteiger partial charge in [0, 0.05) is 19.7 Å². The fourth-order valence-electron chi connectivity index (χ4n) is 3.08. The van der Waals surface area contributed by atoms with Crippen LogP contribution >= 0.6 is 0 Å². The third-order valence-electron chi connectivity index (χ3n) is 4.30. The molecule has 16 heavy (non-hydrogen) atoms. The van der Waals surface area contributed by atoms with E-state index in [9.17, 15) is 5.11 Å². The molecule has 2 saturated carbocycles. The van der Waals surface area contributed by atoms with Crippen molar-refractivity contribution in [1.82, 2.24) is 5.32 Å². The van der Waals surface area contributed by atoms with Gasteiger partial charge in [0.15, 0.2) is 0 Å². The van der Waals surface area contributed by atoms with Crippen LogP contribution in [-0.4, -0.2) is 37.0 Å². The van der Waals surface area contributed by atoms with Gasteiger partial charge in [0.1, 0.15) is 0 Å². The highest BCUT2D eigenvalue weighted by Gasteiger charge is 2.26. The van der Waals surface area contributed by atoms with Crippen molar-refractivity contribution in [2.24, 2.45) is 5.92 Å². The molecule has 0 heterocycles. The van der Waals surface area contributed by atoms with Crippen molar-refractivity contribution in [3.63, 3.8) is 0 Å². The Labute approximate surface area is 98.6 Å². The molecule has 3 heteroatoms. The predicted octanol–water partition coefficient (Wildman–Crippen LogP) is 1.69. The van der Waals surface area contributed by atoms with Gasteiger partial charge in [-0.15, -0.1) is 0 Å². The van der Waals surface area contributed by atoms with E-state index in [1.54, 1.807) is 0 Å². The Morgan fingerprint density at radius 1 is 1.12 bits per heavy atom. The summed E-state index contributed by atoms with van der Waals surface area (Å²) in [6.07, 6.45) is 8.64. The van der Waals surface area contributed by atoms with Crippen LogP contribution in [0.1, 0.15) is 44.9 Å². The van der Waals surface area contributed by atoms with Crippen molar-refractivity contribution in [2.75, 3.05) is 13.7 Å². The summed E-state index contributed by atoms with van der Waals surface area (Å²) in [5, 5.41) is 13.4. The average Bonchev–Trinajstić information content (AvgIpc) is 2.73. The van der Waals surface area contributed by atoms with E-state index in [2.05, 4.69) is 5.32 Å². The third-order valence-corrected chi connectivity index (χ3v) is 4.30. The Morgan fingerprint density at radius 3 is 2.44 bits per heavy atom. The SMILES string of the molecule is COC1CCC(NCC2CCCC2O)CC1. The minimum atomic E-state index is -0.0529. The maximum absolute atomic E-state index is 9.74. The van der Waals surface area contributed by atoms with Crippen molar-refractivity contribution >= 4 is 0 Å². The molecule has 2 unspecified atom stereocenters. The van der Waals surface area contributed by atoms with E-state index < -0.39 is 0 Å². The van der Waals surface area contributed by atoms with Crippen molar-refractivity contribution in [3.8, 4) is 0 Å². The second-order valence-corrected chi connectivity index (χ2v) is 5.38. The highest BCUT2D eigenvalue weighted by atomic mass is 16.5. The fraction of sp³-hybridized carbons (Fsp3) is 1.00. The lowest BCUT2D eigenvalue weighted by Crippen LogP contribution is -2.39. The van der Waals surface area contributed by atoms with Gasteiger partial charge in [-0.25, -0.2) is 0 Å². The minimum Gasteiger partial charge on any atom is -0.393 e. The molecule has 0 spiro atoms. The molecular weight excluding hydrogens is 202 g/mol. The molecule has 0 saturated heterocycles. The van der Waals surface area contributed by atoms with E-state index in [1.807, 2.05) is 7.11 Å². The van der Waals surface area contributed by atoms with E-state index >= 15 is 0 Å².